The summed E-state index contributed by atoms with van der Waals surface area (Å²) in [4.78, 5) is 0. The Balaban J connectivity index is -0.000000320. The Labute approximate surface area is 108 Å². The van der Waals surface area contributed by atoms with Crippen LogP contribution in [0.25, 0.3) is 4.65 Å². The second-order valence-corrected chi connectivity index (χ2v) is 14.0. The number of nitrogens with zero attached hydrogens (tertiary/aromatic N) is 1. The molecule has 0 spiro atoms. The van der Waals surface area contributed by atoms with E-state index in [0.29, 0.717) is 0 Å². The zero-order valence-corrected chi connectivity index (χ0v) is 13.4. The molecule has 0 aromatic rings. The first kappa shape index (κ1) is 18.7. The molecule has 0 amide bonds. The molecule has 0 rings (SSSR count). The Bertz CT molecular complexity index is 85.7. The van der Waals surface area contributed by atoms with Crippen molar-refractivity contribution in [2.45, 2.75) is 39.3 Å². The molecule has 0 aromatic carbocycles. The van der Waals surface area contributed by atoms with E-state index in [2.05, 4.69) is 39.3 Å². The standard InChI is InChI=1S/C6H18NSi2.Li.Na/c1-8(2,3)7-9(4,5)6;;/h1-6H3;;/q-1;;+1. The van der Waals surface area contributed by atoms with Gasteiger partial charge in [-0.05, 0) is 0 Å². The number of hydrogen-bond acceptors (Lipinski definition) is 0. The molecule has 0 unspecified atom stereocenters. The summed E-state index contributed by atoms with van der Waals surface area (Å²) < 4.78 is 4.82. The fourth-order valence-electron chi connectivity index (χ4n) is 1.01. The van der Waals surface area contributed by atoms with Gasteiger partial charge in [0.2, 0.25) is 0 Å². The van der Waals surface area contributed by atoms with E-state index in [1.807, 2.05) is 0 Å². The van der Waals surface area contributed by atoms with Gasteiger partial charge in [-0.25, -0.2) is 0 Å². The first-order chi connectivity index (χ1) is 3.71. The van der Waals surface area contributed by atoms with Gasteiger partial charge in [-0.3, -0.25) is 0 Å². The molecule has 1 radical (unpaired) electrons. The van der Waals surface area contributed by atoms with Gasteiger partial charge in [0, 0.05) is 18.9 Å². The van der Waals surface area contributed by atoms with Gasteiger partial charge in [-0.1, -0.05) is 55.8 Å². The summed E-state index contributed by atoms with van der Waals surface area (Å²) in [5.74, 6) is 0. The van der Waals surface area contributed by atoms with Crippen molar-refractivity contribution in [2.24, 2.45) is 0 Å². The third kappa shape index (κ3) is 18.7. The van der Waals surface area contributed by atoms with E-state index >= 15 is 0 Å². The minimum absolute atomic E-state index is 0. The molecule has 0 aliphatic rings. The third-order valence-electron chi connectivity index (χ3n) is 0.671. The monoisotopic (exact) mass is 190 g/mol. The predicted octanol–water partition coefficient (Wildman–Crippen LogP) is -0.347. The summed E-state index contributed by atoms with van der Waals surface area (Å²) in [5, 5.41) is 0. The molecule has 11 heavy (non-hydrogen) atoms. The van der Waals surface area contributed by atoms with Crippen LogP contribution in [-0.2, 0) is 0 Å². The number of rotatable bonds is 2. The average molecular weight is 190 g/mol. The Morgan fingerprint density at radius 2 is 0.909 bits per heavy atom. The predicted molar refractivity (Wildman–Crippen MR) is 55.8 cm³/mol. The van der Waals surface area contributed by atoms with E-state index in [4.69, 9.17) is 4.65 Å². The Morgan fingerprint density at radius 3 is 0.909 bits per heavy atom. The van der Waals surface area contributed by atoms with Crippen molar-refractivity contribution in [1.29, 1.82) is 0 Å². The molecule has 0 heterocycles. The normalized spacial score (nSPS) is 11.5. The molecule has 0 aliphatic carbocycles. The van der Waals surface area contributed by atoms with Crippen LogP contribution in [0.15, 0.2) is 0 Å². The van der Waals surface area contributed by atoms with E-state index in [0.717, 1.165) is 0 Å². The van der Waals surface area contributed by atoms with Crippen molar-refractivity contribution in [3.05, 3.63) is 4.65 Å². The summed E-state index contributed by atoms with van der Waals surface area (Å²) in [5.41, 5.74) is 0. The minimum atomic E-state index is -1.11. The van der Waals surface area contributed by atoms with Crippen molar-refractivity contribution in [3.63, 3.8) is 0 Å². The summed E-state index contributed by atoms with van der Waals surface area (Å²) in [7, 11) is -2.21. The van der Waals surface area contributed by atoms with Crippen molar-refractivity contribution < 1.29 is 29.6 Å². The second-order valence-electron chi connectivity index (χ2n) is 4.45. The molecule has 0 aliphatic heterocycles. The molecule has 0 saturated carbocycles. The molecule has 0 fully saturated rings. The van der Waals surface area contributed by atoms with Crippen molar-refractivity contribution in [2.75, 3.05) is 0 Å². The molecular weight excluding hydrogens is 172 g/mol. The van der Waals surface area contributed by atoms with Crippen LogP contribution in [0.1, 0.15) is 0 Å². The topological polar surface area (TPSA) is 14.1 Å². The molecule has 0 atom stereocenters. The fraction of sp³-hybridized carbons (Fsp3) is 1.00. The summed E-state index contributed by atoms with van der Waals surface area (Å²) in [6.45, 7) is 13.8. The van der Waals surface area contributed by atoms with Gasteiger partial charge in [-0.2, -0.15) is 0 Å². The van der Waals surface area contributed by atoms with Gasteiger partial charge < -0.3 is 4.65 Å². The van der Waals surface area contributed by atoms with Crippen LogP contribution in [0.4, 0.5) is 0 Å². The first-order valence-corrected chi connectivity index (χ1v) is 10.3. The zero-order chi connectivity index (χ0) is 7.71. The minimum Gasteiger partial charge on any atom is -0.668 e. The largest absolute Gasteiger partial charge is 1.00 e. The fourth-order valence-corrected chi connectivity index (χ4v) is 9.06. The van der Waals surface area contributed by atoms with Crippen LogP contribution in [0.2, 0.25) is 39.3 Å². The molecule has 0 bridgehead atoms. The van der Waals surface area contributed by atoms with E-state index in [9.17, 15) is 0 Å². The van der Waals surface area contributed by atoms with Crippen molar-refractivity contribution in [3.8, 4) is 0 Å². The Hall–Kier alpha value is 1.99. The quantitative estimate of drug-likeness (QED) is 0.529. The summed E-state index contributed by atoms with van der Waals surface area (Å²) in [6, 6.07) is 0. The van der Waals surface area contributed by atoms with Gasteiger partial charge in [0.1, 0.15) is 0 Å². The maximum Gasteiger partial charge on any atom is 1.00 e. The summed E-state index contributed by atoms with van der Waals surface area (Å²) >= 11 is 0. The van der Waals surface area contributed by atoms with Crippen LogP contribution in [-0.4, -0.2) is 35.3 Å². The van der Waals surface area contributed by atoms with Crippen LogP contribution in [0.3, 0.4) is 0 Å². The smallest absolute Gasteiger partial charge is 0.668 e. The number of hydrogen-bond donors (Lipinski definition) is 0. The average Bonchev–Trinajstić information content (AvgIpc) is 1.14. The molecule has 57 valence electrons. The Kier molecular flexibility index (Phi) is 11.0. The second kappa shape index (κ2) is 6.45. The molecular formula is C6H18LiNNaSi2. The van der Waals surface area contributed by atoms with E-state index < -0.39 is 16.5 Å². The van der Waals surface area contributed by atoms with Crippen LogP contribution < -0.4 is 29.6 Å². The van der Waals surface area contributed by atoms with Gasteiger partial charge >= 0.3 is 29.6 Å². The van der Waals surface area contributed by atoms with Gasteiger partial charge in [0.25, 0.3) is 0 Å². The Morgan fingerprint density at radius 1 is 0.727 bits per heavy atom. The third-order valence-corrected chi connectivity index (χ3v) is 6.04. The maximum absolute atomic E-state index is 4.82. The first-order valence-electron chi connectivity index (χ1n) is 3.45. The van der Waals surface area contributed by atoms with Crippen molar-refractivity contribution in [1.82, 2.24) is 0 Å². The zero-order valence-electron chi connectivity index (χ0n) is 9.45. The van der Waals surface area contributed by atoms with E-state index in [1.165, 1.54) is 0 Å². The van der Waals surface area contributed by atoms with Gasteiger partial charge in [0.15, 0.2) is 0 Å². The van der Waals surface area contributed by atoms with Crippen molar-refractivity contribution >= 4 is 35.3 Å². The molecule has 0 N–H and O–H groups in total. The molecule has 0 saturated heterocycles. The maximum atomic E-state index is 4.82. The summed E-state index contributed by atoms with van der Waals surface area (Å²) in [6.07, 6.45) is 0. The van der Waals surface area contributed by atoms with Gasteiger partial charge in [0.05, 0.1) is 0 Å². The van der Waals surface area contributed by atoms with E-state index in [-0.39, 0.29) is 48.4 Å². The van der Waals surface area contributed by atoms with E-state index in [1.54, 1.807) is 0 Å². The molecule has 0 aromatic heterocycles. The SMILES string of the molecule is C[Si](C)(C)[N-][Si](C)(C)C.[Li].[Na+]. The molecule has 1 nitrogen and oxygen atoms in total. The van der Waals surface area contributed by atoms with Crippen LogP contribution >= 0.6 is 0 Å². The van der Waals surface area contributed by atoms with Gasteiger partial charge in [-0.15, -0.1) is 0 Å². The molecule has 5 heteroatoms. The van der Waals surface area contributed by atoms with Crippen LogP contribution in [0.5, 0.6) is 0 Å². The van der Waals surface area contributed by atoms with Crippen LogP contribution in [0, 0.1) is 0 Å².